The normalized spacial score (nSPS) is 14.0. The van der Waals surface area contributed by atoms with Gasteiger partial charge in [-0.2, -0.15) is 5.10 Å². The van der Waals surface area contributed by atoms with E-state index in [-0.39, 0.29) is 5.54 Å². The number of nitrogens with zero attached hydrogens (tertiary/aromatic N) is 2. The molecule has 1 unspecified atom stereocenters. The minimum Gasteiger partial charge on any atom is -0.311 e. The second-order valence-electron chi connectivity index (χ2n) is 5.66. The summed E-state index contributed by atoms with van der Waals surface area (Å²) in [6.07, 6.45) is 1.95. The second kappa shape index (κ2) is 5.65. The molecule has 0 amide bonds. The van der Waals surface area contributed by atoms with E-state index in [1.54, 1.807) is 0 Å². The molecule has 1 heterocycles. The number of hydrogen-bond donors (Lipinski definition) is 2. The van der Waals surface area contributed by atoms with Crippen LogP contribution in [0.5, 0.6) is 0 Å². The Morgan fingerprint density at radius 1 is 1.35 bits per heavy atom. The van der Waals surface area contributed by atoms with Crippen LogP contribution in [-0.4, -0.2) is 28.4 Å². The first-order chi connectivity index (χ1) is 7.81. The molecule has 0 bridgehead atoms. The number of nitrogens with one attached hydrogen (secondary N) is 2. The van der Waals surface area contributed by atoms with Crippen LogP contribution in [0.15, 0.2) is 6.20 Å². The van der Waals surface area contributed by atoms with E-state index in [9.17, 15) is 0 Å². The average Bonchev–Trinajstić information content (AvgIpc) is 2.53. The van der Waals surface area contributed by atoms with Gasteiger partial charge in [-0.1, -0.05) is 0 Å². The highest BCUT2D eigenvalue weighted by Crippen LogP contribution is 2.15. The molecular formula is C13H26N4. The Bertz CT molecular complexity index is 349. The molecule has 2 N–H and O–H groups in total. The highest BCUT2D eigenvalue weighted by molar-refractivity contribution is 5.19. The van der Waals surface area contributed by atoms with E-state index in [1.165, 1.54) is 11.3 Å². The summed E-state index contributed by atoms with van der Waals surface area (Å²) < 4.78 is 1.92. The minimum absolute atomic E-state index is 0.190. The summed E-state index contributed by atoms with van der Waals surface area (Å²) in [5.41, 5.74) is 2.70. The van der Waals surface area contributed by atoms with E-state index in [0.717, 1.165) is 13.1 Å². The Hall–Kier alpha value is -0.870. The molecule has 0 saturated heterocycles. The Balaban J connectivity index is 2.35. The van der Waals surface area contributed by atoms with Gasteiger partial charge in [-0.25, -0.2) is 0 Å². The molecule has 0 radical (unpaired) electrons. The van der Waals surface area contributed by atoms with Crippen LogP contribution in [0.1, 0.15) is 45.0 Å². The standard InChI is InChI=1S/C13H26N4/c1-10(12-9-16-17(6)11(12)2)14-7-8-15-13(3,4)5/h9-10,14-15H,7-8H2,1-6H3. The zero-order valence-electron chi connectivity index (χ0n) is 12.0. The van der Waals surface area contributed by atoms with Crippen molar-refractivity contribution in [1.29, 1.82) is 0 Å². The van der Waals surface area contributed by atoms with Gasteiger partial charge in [0.05, 0.1) is 6.20 Å². The van der Waals surface area contributed by atoms with E-state index in [1.807, 2.05) is 17.9 Å². The van der Waals surface area contributed by atoms with Crippen molar-refractivity contribution >= 4 is 0 Å². The fourth-order valence-corrected chi connectivity index (χ4v) is 1.78. The highest BCUT2D eigenvalue weighted by atomic mass is 15.3. The molecule has 0 spiro atoms. The third-order valence-electron chi connectivity index (χ3n) is 2.97. The van der Waals surface area contributed by atoms with Crippen molar-refractivity contribution in [2.24, 2.45) is 7.05 Å². The second-order valence-corrected chi connectivity index (χ2v) is 5.66. The Morgan fingerprint density at radius 2 is 2.00 bits per heavy atom. The van der Waals surface area contributed by atoms with E-state index in [2.05, 4.69) is 50.4 Å². The number of aromatic nitrogens is 2. The molecule has 0 aliphatic heterocycles. The zero-order valence-corrected chi connectivity index (χ0v) is 12.0. The van der Waals surface area contributed by atoms with Crippen LogP contribution >= 0.6 is 0 Å². The number of hydrogen-bond acceptors (Lipinski definition) is 3. The molecule has 1 aromatic heterocycles. The van der Waals surface area contributed by atoms with Gasteiger partial charge in [0.25, 0.3) is 0 Å². The third kappa shape index (κ3) is 4.48. The molecule has 0 aliphatic carbocycles. The molecule has 0 fully saturated rings. The molecule has 0 aliphatic rings. The molecule has 98 valence electrons. The van der Waals surface area contributed by atoms with Crippen LogP contribution < -0.4 is 10.6 Å². The van der Waals surface area contributed by atoms with Crippen LogP contribution in [0.25, 0.3) is 0 Å². The van der Waals surface area contributed by atoms with Crippen LogP contribution in [0, 0.1) is 6.92 Å². The first-order valence-electron chi connectivity index (χ1n) is 6.28. The molecule has 17 heavy (non-hydrogen) atoms. The predicted molar refractivity (Wildman–Crippen MR) is 72.1 cm³/mol. The van der Waals surface area contributed by atoms with Crippen molar-refractivity contribution in [3.05, 3.63) is 17.5 Å². The molecule has 0 saturated carbocycles. The monoisotopic (exact) mass is 238 g/mol. The van der Waals surface area contributed by atoms with Gasteiger partial charge >= 0.3 is 0 Å². The molecule has 1 rings (SSSR count). The largest absolute Gasteiger partial charge is 0.311 e. The van der Waals surface area contributed by atoms with Gasteiger partial charge in [-0.15, -0.1) is 0 Å². The van der Waals surface area contributed by atoms with Gasteiger partial charge in [0, 0.05) is 43.0 Å². The lowest BCUT2D eigenvalue weighted by molar-refractivity contribution is 0.414. The van der Waals surface area contributed by atoms with Crippen LogP contribution in [0.3, 0.4) is 0 Å². The topological polar surface area (TPSA) is 41.9 Å². The Labute approximate surface area is 105 Å². The summed E-state index contributed by atoms with van der Waals surface area (Å²) in [5.74, 6) is 0. The van der Waals surface area contributed by atoms with Gasteiger partial charge < -0.3 is 10.6 Å². The maximum Gasteiger partial charge on any atom is 0.0540 e. The van der Waals surface area contributed by atoms with E-state index < -0.39 is 0 Å². The van der Waals surface area contributed by atoms with Crippen LogP contribution in [0.2, 0.25) is 0 Å². The van der Waals surface area contributed by atoms with Crippen molar-refractivity contribution in [3.63, 3.8) is 0 Å². The third-order valence-corrected chi connectivity index (χ3v) is 2.97. The average molecular weight is 238 g/mol. The van der Waals surface area contributed by atoms with Crippen molar-refractivity contribution in [3.8, 4) is 0 Å². The molecular weight excluding hydrogens is 212 g/mol. The fourth-order valence-electron chi connectivity index (χ4n) is 1.78. The van der Waals surface area contributed by atoms with Crippen molar-refractivity contribution < 1.29 is 0 Å². The minimum atomic E-state index is 0.190. The van der Waals surface area contributed by atoms with Gasteiger partial charge in [0.2, 0.25) is 0 Å². The molecule has 1 aromatic rings. The highest BCUT2D eigenvalue weighted by Gasteiger charge is 2.12. The summed E-state index contributed by atoms with van der Waals surface area (Å²) in [5, 5.41) is 11.2. The van der Waals surface area contributed by atoms with Crippen LogP contribution in [0.4, 0.5) is 0 Å². The summed E-state index contributed by atoms with van der Waals surface area (Å²) in [7, 11) is 1.98. The van der Waals surface area contributed by atoms with Crippen molar-refractivity contribution in [2.45, 2.75) is 46.2 Å². The van der Waals surface area contributed by atoms with Gasteiger partial charge in [0.1, 0.15) is 0 Å². The lowest BCUT2D eigenvalue weighted by Gasteiger charge is -2.21. The van der Waals surface area contributed by atoms with Crippen LogP contribution in [-0.2, 0) is 7.05 Å². The van der Waals surface area contributed by atoms with Gasteiger partial charge in [0.15, 0.2) is 0 Å². The smallest absolute Gasteiger partial charge is 0.0540 e. The SMILES string of the molecule is Cc1c(C(C)NCCNC(C)(C)C)cnn1C. The van der Waals surface area contributed by atoms with Crippen molar-refractivity contribution in [1.82, 2.24) is 20.4 Å². The van der Waals surface area contributed by atoms with E-state index in [0.29, 0.717) is 6.04 Å². The number of rotatable bonds is 5. The van der Waals surface area contributed by atoms with Crippen molar-refractivity contribution in [2.75, 3.05) is 13.1 Å². The summed E-state index contributed by atoms with van der Waals surface area (Å²) in [6, 6.07) is 0.352. The zero-order chi connectivity index (χ0) is 13.1. The number of aryl methyl sites for hydroxylation is 1. The lowest BCUT2D eigenvalue weighted by atomic mass is 10.1. The first kappa shape index (κ1) is 14.2. The summed E-state index contributed by atoms with van der Waals surface area (Å²) in [6.45, 7) is 12.8. The first-order valence-corrected chi connectivity index (χ1v) is 6.28. The Morgan fingerprint density at radius 3 is 2.47 bits per heavy atom. The van der Waals surface area contributed by atoms with Gasteiger partial charge in [-0.05, 0) is 34.6 Å². The van der Waals surface area contributed by atoms with Gasteiger partial charge in [-0.3, -0.25) is 4.68 Å². The Kier molecular flexibility index (Phi) is 4.71. The quantitative estimate of drug-likeness (QED) is 0.768. The molecule has 1 atom stereocenters. The maximum absolute atomic E-state index is 4.27. The lowest BCUT2D eigenvalue weighted by Crippen LogP contribution is -2.40. The summed E-state index contributed by atoms with van der Waals surface area (Å²) in [4.78, 5) is 0. The molecule has 4 nitrogen and oxygen atoms in total. The summed E-state index contributed by atoms with van der Waals surface area (Å²) >= 11 is 0. The maximum atomic E-state index is 4.27. The van der Waals surface area contributed by atoms with E-state index in [4.69, 9.17) is 0 Å². The van der Waals surface area contributed by atoms with E-state index >= 15 is 0 Å². The fraction of sp³-hybridized carbons (Fsp3) is 0.769. The molecule has 0 aromatic carbocycles. The predicted octanol–water partition coefficient (Wildman–Crippen LogP) is 1.77. The molecule has 4 heteroatoms.